The van der Waals surface area contributed by atoms with Gasteiger partial charge in [0.2, 0.25) is 5.91 Å². The van der Waals surface area contributed by atoms with Crippen LogP contribution in [0.15, 0.2) is 30.6 Å². The molecule has 1 fully saturated rings. The number of anilines is 1. The molecule has 0 aliphatic carbocycles. The molecule has 0 spiro atoms. The zero-order valence-corrected chi connectivity index (χ0v) is 16.0. The lowest BCUT2D eigenvalue weighted by Crippen LogP contribution is -2.49. The molecule has 3 rings (SSSR count). The average molecular weight is 405 g/mol. The van der Waals surface area contributed by atoms with Gasteiger partial charge in [0.25, 0.3) is 0 Å². The lowest BCUT2D eigenvalue weighted by molar-refractivity contribution is -0.118. The molecular formula is C16H20Cl3N5O. The second kappa shape index (κ2) is 8.87. The summed E-state index contributed by atoms with van der Waals surface area (Å²) in [5.41, 5.74) is 0.637. The van der Waals surface area contributed by atoms with Gasteiger partial charge in [0.05, 0.1) is 22.6 Å². The second-order valence-corrected chi connectivity index (χ2v) is 6.58. The van der Waals surface area contributed by atoms with Crippen LogP contribution in [0.3, 0.4) is 0 Å². The van der Waals surface area contributed by atoms with Crippen molar-refractivity contribution in [1.82, 2.24) is 19.8 Å². The molecule has 1 aliphatic rings. The van der Waals surface area contributed by atoms with E-state index in [4.69, 9.17) is 23.2 Å². The zero-order chi connectivity index (χ0) is 17.1. The van der Waals surface area contributed by atoms with Gasteiger partial charge in [-0.3, -0.25) is 9.69 Å². The molecule has 136 valence electrons. The molecule has 2 N–H and O–H groups in total. The maximum atomic E-state index is 12.4. The van der Waals surface area contributed by atoms with E-state index in [-0.39, 0.29) is 24.4 Å². The van der Waals surface area contributed by atoms with Crippen molar-refractivity contribution in [2.24, 2.45) is 7.05 Å². The fraction of sp³-hybridized carbons (Fsp3) is 0.375. The molecule has 0 radical (unpaired) electrons. The van der Waals surface area contributed by atoms with Gasteiger partial charge in [-0.05, 0) is 18.2 Å². The number of hydrogen-bond donors (Lipinski definition) is 2. The lowest BCUT2D eigenvalue weighted by Gasteiger charge is -2.35. The number of hydrogen-bond acceptors (Lipinski definition) is 4. The Bertz CT molecular complexity index is 736. The monoisotopic (exact) mass is 403 g/mol. The first-order chi connectivity index (χ1) is 11.5. The fourth-order valence-corrected chi connectivity index (χ4v) is 3.15. The molecule has 1 saturated heterocycles. The average Bonchev–Trinajstić information content (AvgIpc) is 2.97. The van der Waals surface area contributed by atoms with Gasteiger partial charge in [-0.25, -0.2) is 4.98 Å². The number of rotatable bonds is 4. The third-order valence-corrected chi connectivity index (χ3v) is 4.80. The number of piperazine rings is 1. The van der Waals surface area contributed by atoms with E-state index in [0.717, 1.165) is 25.5 Å². The van der Waals surface area contributed by atoms with Crippen molar-refractivity contribution in [1.29, 1.82) is 0 Å². The fourth-order valence-electron chi connectivity index (χ4n) is 2.85. The molecule has 1 aliphatic heterocycles. The number of imidazole rings is 1. The Hall–Kier alpha value is -1.31. The van der Waals surface area contributed by atoms with Crippen molar-refractivity contribution >= 4 is 47.2 Å². The smallest absolute Gasteiger partial charge is 0.238 e. The van der Waals surface area contributed by atoms with Gasteiger partial charge >= 0.3 is 0 Å². The highest BCUT2D eigenvalue weighted by Crippen LogP contribution is 2.25. The van der Waals surface area contributed by atoms with Gasteiger partial charge in [0.1, 0.15) is 5.82 Å². The number of halogens is 3. The Morgan fingerprint density at radius 1 is 1.40 bits per heavy atom. The highest BCUT2D eigenvalue weighted by Gasteiger charge is 2.28. The Morgan fingerprint density at radius 2 is 2.20 bits per heavy atom. The van der Waals surface area contributed by atoms with Crippen molar-refractivity contribution in [2.45, 2.75) is 6.04 Å². The summed E-state index contributed by atoms with van der Waals surface area (Å²) in [5, 5.41) is 7.11. The summed E-state index contributed by atoms with van der Waals surface area (Å²) in [7, 11) is 1.96. The summed E-state index contributed by atoms with van der Waals surface area (Å²) in [6.07, 6.45) is 3.69. The van der Waals surface area contributed by atoms with Crippen molar-refractivity contribution < 1.29 is 4.79 Å². The Morgan fingerprint density at radius 3 is 2.88 bits per heavy atom. The van der Waals surface area contributed by atoms with Gasteiger partial charge in [0.15, 0.2) is 0 Å². The normalized spacial score (nSPS) is 17.8. The third-order valence-electron chi connectivity index (χ3n) is 4.06. The van der Waals surface area contributed by atoms with Crippen molar-refractivity contribution in [3.05, 3.63) is 46.5 Å². The van der Waals surface area contributed by atoms with E-state index < -0.39 is 0 Å². The molecule has 1 amide bonds. The molecule has 2 aromatic rings. The van der Waals surface area contributed by atoms with Crippen LogP contribution in [0.1, 0.15) is 11.9 Å². The predicted molar refractivity (Wildman–Crippen MR) is 103 cm³/mol. The van der Waals surface area contributed by atoms with E-state index in [0.29, 0.717) is 22.3 Å². The molecule has 0 saturated carbocycles. The van der Waals surface area contributed by atoms with E-state index in [2.05, 4.69) is 20.5 Å². The summed E-state index contributed by atoms with van der Waals surface area (Å²) in [5.74, 6) is 0.860. The zero-order valence-electron chi connectivity index (χ0n) is 13.7. The standard InChI is InChI=1S/C16H19Cl2N5O.ClH/c1-22-6-5-20-16(22)14-9-19-4-7-23(14)10-15(24)21-11-2-3-12(17)13(18)8-11;/h2-3,5-6,8,14,19H,4,7,9-10H2,1H3,(H,21,24);1H. The number of carbonyl (C=O) groups is 1. The minimum Gasteiger partial charge on any atom is -0.337 e. The molecule has 6 nitrogen and oxygen atoms in total. The number of nitrogens with one attached hydrogen (secondary N) is 2. The number of aryl methyl sites for hydroxylation is 1. The Balaban J connectivity index is 0.00000225. The minimum absolute atomic E-state index is 0. The summed E-state index contributed by atoms with van der Waals surface area (Å²) in [4.78, 5) is 19.0. The molecule has 1 unspecified atom stereocenters. The second-order valence-electron chi connectivity index (χ2n) is 5.76. The van der Waals surface area contributed by atoms with Crippen LogP contribution in [0.25, 0.3) is 0 Å². The summed E-state index contributed by atoms with van der Waals surface area (Å²) >= 11 is 11.9. The van der Waals surface area contributed by atoms with E-state index in [1.165, 1.54) is 0 Å². The van der Waals surface area contributed by atoms with Crippen LogP contribution in [0, 0.1) is 0 Å². The van der Waals surface area contributed by atoms with E-state index in [1.807, 2.05) is 17.8 Å². The third kappa shape index (κ3) is 4.86. The highest BCUT2D eigenvalue weighted by molar-refractivity contribution is 6.42. The number of aromatic nitrogens is 2. The van der Waals surface area contributed by atoms with Gasteiger partial charge in [-0.2, -0.15) is 0 Å². The molecular weight excluding hydrogens is 385 g/mol. The number of nitrogens with zero attached hydrogens (tertiary/aromatic N) is 3. The molecule has 1 atom stereocenters. The van der Waals surface area contributed by atoms with Crippen LogP contribution < -0.4 is 10.6 Å². The van der Waals surface area contributed by atoms with Gasteiger partial charge in [0, 0.05) is 44.8 Å². The first-order valence-corrected chi connectivity index (χ1v) is 8.47. The SMILES string of the molecule is Cl.Cn1ccnc1C1CNCCN1CC(=O)Nc1ccc(Cl)c(Cl)c1. The molecule has 0 bridgehead atoms. The predicted octanol–water partition coefficient (Wildman–Crippen LogP) is 2.73. The minimum atomic E-state index is -0.0884. The maximum absolute atomic E-state index is 12.4. The van der Waals surface area contributed by atoms with Crippen LogP contribution >= 0.6 is 35.6 Å². The summed E-state index contributed by atoms with van der Waals surface area (Å²) in [6, 6.07) is 5.12. The number of benzene rings is 1. The van der Waals surface area contributed by atoms with Crippen LogP contribution in [-0.4, -0.2) is 46.5 Å². The lowest BCUT2D eigenvalue weighted by atomic mass is 10.1. The molecule has 1 aromatic carbocycles. The van der Waals surface area contributed by atoms with Crippen LogP contribution in [0.5, 0.6) is 0 Å². The number of carbonyl (C=O) groups excluding carboxylic acids is 1. The molecule has 25 heavy (non-hydrogen) atoms. The van der Waals surface area contributed by atoms with Crippen LogP contribution in [-0.2, 0) is 11.8 Å². The van der Waals surface area contributed by atoms with Crippen LogP contribution in [0.2, 0.25) is 10.0 Å². The maximum Gasteiger partial charge on any atom is 0.238 e. The summed E-state index contributed by atoms with van der Waals surface area (Å²) in [6.45, 7) is 2.69. The van der Waals surface area contributed by atoms with Gasteiger partial charge in [-0.1, -0.05) is 23.2 Å². The van der Waals surface area contributed by atoms with Crippen molar-refractivity contribution in [3.63, 3.8) is 0 Å². The van der Waals surface area contributed by atoms with E-state index >= 15 is 0 Å². The first-order valence-electron chi connectivity index (χ1n) is 7.71. The largest absolute Gasteiger partial charge is 0.337 e. The van der Waals surface area contributed by atoms with Gasteiger partial charge in [-0.15, -0.1) is 12.4 Å². The highest BCUT2D eigenvalue weighted by atomic mass is 35.5. The van der Waals surface area contributed by atoms with Crippen molar-refractivity contribution in [2.75, 3.05) is 31.5 Å². The first kappa shape index (κ1) is 20.0. The Labute approximate surface area is 162 Å². The van der Waals surface area contributed by atoms with E-state index in [9.17, 15) is 4.79 Å². The van der Waals surface area contributed by atoms with Gasteiger partial charge < -0.3 is 15.2 Å². The van der Waals surface area contributed by atoms with Crippen LogP contribution in [0.4, 0.5) is 5.69 Å². The molecule has 1 aromatic heterocycles. The molecule has 9 heteroatoms. The van der Waals surface area contributed by atoms with Crippen molar-refractivity contribution in [3.8, 4) is 0 Å². The van der Waals surface area contributed by atoms with E-state index in [1.54, 1.807) is 24.4 Å². The Kier molecular flexibility index (Phi) is 7.10. The topological polar surface area (TPSA) is 62.2 Å². The summed E-state index contributed by atoms with van der Waals surface area (Å²) < 4.78 is 1.99. The molecule has 2 heterocycles. The quantitative estimate of drug-likeness (QED) is 0.822. The number of amides is 1.